The van der Waals surface area contributed by atoms with Crippen molar-refractivity contribution < 1.29 is 4.74 Å². The minimum Gasteiger partial charge on any atom is -0.494 e. The van der Waals surface area contributed by atoms with Crippen molar-refractivity contribution in [1.82, 2.24) is 0 Å². The Hall–Kier alpha value is -0.380. The highest BCUT2D eigenvalue weighted by molar-refractivity contribution is 7.80. The van der Waals surface area contributed by atoms with E-state index in [4.69, 9.17) is 16.3 Å². The maximum Gasteiger partial charge on any atom is 0.147 e. The largest absolute Gasteiger partial charge is 0.494 e. The Morgan fingerprint density at radius 2 is 2.31 bits per heavy atom. The molecule has 0 atom stereocenters. The molecule has 0 amide bonds. The van der Waals surface area contributed by atoms with Gasteiger partial charge in [0.1, 0.15) is 5.75 Å². The van der Waals surface area contributed by atoms with E-state index in [1.165, 1.54) is 0 Å². The van der Waals surface area contributed by atoms with Gasteiger partial charge in [-0.25, -0.2) is 0 Å². The summed E-state index contributed by atoms with van der Waals surface area (Å²) in [4.78, 5) is 0.758. The van der Waals surface area contributed by atoms with Gasteiger partial charge in [-0.1, -0.05) is 11.6 Å². The average molecular weight is 231 g/mol. The number of rotatable bonds is 1. The summed E-state index contributed by atoms with van der Waals surface area (Å²) in [5, 5.41) is 3.64. The zero-order valence-electron chi connectivity index (χ0n) is 6.87. The molecule has 0 radical (unpaired) electrons. The molecule has 0 aliphatic rings. The Balaban J connectivity index is 2.87. The first-order valence-corrected chi connectivity index (χ1v) is 5.37. The summed E-state index contributed by atoms with van der Waals surface area (Å²) in [6.07, 6.45) is 0. The van der Waals surface area contributed by atoms with Crippen LogP contribution in [0.15, 0.2) is 22.4 Å². The van der Waals surface area contributed by atoms with E-state index in [-0.39, 0.29) is 0 Å². The molecule has 0 saturated heterocycles. The quantitative estimate of drug-likeness (QED) is 0.733. The summed E-state index contributed by atoms with van der Waals surface area (Å²) < 4.78 is 6.37. The number of thiophene rings is 1. The summed E-state index contributed by atoms with van der Waals surface area (Å²) in [5.41, 5.74) is 0. The number of fused-ring (bicyclic) bond motifs is 1. The second-order valence-electron chi connectivity index (χ2n) is 2.58. The van der Waals surface area contributed by atoms with Crippen molar-refractivity contribution >= 4 is 45.7 Å². The summed E-state index contributed by atoms with van der Waals surface area (Å²) in [5.74, 6) is 0.713. The lowest BCUT2D eigenvalue weighted by molar-refractivity contribution is 0.419. The monoisotopic (exact) mass is 230 g/mol. The summed E-state index contributed by atoms with van der Waals surface area (Å²) in [6, 6.07) is 3.95. The summed E-state index contributed by atoms with van der Waals surface area (Å²) in [6.45, 7) is 0. The molecule has 1 aromatic carbocycles. The normalized spacial score (nSPS) is 10.7. The van der Waals surface area contributed by atoms with Crippen molar-refractivity contribution in [1.29, 1.82) is 0 Å². The molecule has 0 aliphatic carbocycles. The van der Waals surface area contributed by atoms with Crippen molar-refractivity contribution in [2.24, 2.45) is 0 Å². The molecule has 4 heteroatoms. The molecule has 1 nitrogen and oxygen atoms in total. The van der Waals surface area contributed by atoms with Crippen LogP contribution < -0.4 is 4.74 Å². The number of ether oxygens (including phenoxy) is 1. The van der Waals surface area contributed by atoms with Crippen LogP contribution in [0.4, 0.5) is 0 Å². The second kappa shape index (κ2) is 3.40. The molecule has 1 aromatic heterocycles. The Labute approximate surface area is 90.7 Å². The fourth-order valence-corrected chi connectivity index (χ4v) is 2.62. The Bertz CT molecular complexity index is 450. The molecule has 0 unspecified atom stereocenters. The Morgan fingerprint density at radius 1 is 1.54 bits per heavy atom. The van der Waals surface area contributed by atoms with Gasteiger partial charge >= 0.3 is 0 Å². The van der Waals surface area contributed by atoms with Gasteiger partial charge in [0, 0.05) is 15.0 Å². The van der Waals surface area contributed by atoms with E-state index in [2.05, 4.69) is 12.6 Å². The number of thiol groups is 1. The van der Waals surface area contributed by atoms with Crippen LogP contribution in [-0.4, -0.2) is 7.11 Å². The number of halogens is 1. The lowest BCUT2D eigenvalue weighted by Gasteiger charge is -2.06. The van der Waals surface area contributed by atoms with E-state index < -0.39 is 0 Å². The van der Waals surface area contributed by atoms with Gasteiger partial charge in [-0.05, 0) is 17.5 Å². The topological polar surface area (TPSA) is 9.23 Å². The van der Waals surface area contributed by atoms with Crippen molar-refractivity contribution in [3.63, 3.8) is 0 Å². The molecule has 0 spiro atoms. The van der Waals surface area contributed by atoms with Gasteiger partial charge in [-0.15, -0.1) is 24.0 Å². The fourth-order valence-electron chi connectivity index (χ4n) is 1.24. The van der Waals surface area contributed by atoms with Gasteiger partial charge in [0.15, 0.2) is 0 Å². The molecular formula is C9H7ClOS2. The molecule has 2 aromatic rings. The molecule has 0 saturated carbocycles. The van der Waals surface area contributed by atoms with E-state index >= 15 is 0 Å². The first-order valence-electron chi connectivity index (χ1n) is 3.66. The Kier molecular flexibility index (Phi) is 2.41. The molecular weight excluding hydrogens is 224 g/mol. The van der Waals surface area contributed by atoms with Gasteiger partial charge < -0.3 is 4.74 Å². The lowest BCUT2D eigenvalue weighted by atomic mass is 10.2. The van der Waals surface area contributed by atoms with Crippen molar-refractivity contribution in [3.05, 3.63) is 22.5 Å². The Morgan fingerprint density at radius 3 is 3.00 bits per heavy atom. The predicted molar refractivity (Wildman–Crippen MR) is 60.6 cm³/mol. The minimum absolute atomic E-state index is 0.580. The fraction of sp³-hybridized carbons (Fsp3) is 0.111. The maximum atomic E-state index is 6.03. The van der Waals surface area contributed by atoms with E-state index in [0.29, 0.717) is 10.8 Å². The van der Waals surface area contributed by atoms with Gasteiger partial charge in [0.2, 0.25) is 0 Å². The minimum atomic E-state index is 0.580. The molecule has 13 heavy (non-hydrogen) atoms. The van der Waals surface area contributed by atoms with Gasteiger partial charge in [0.25, 0.3) is 0 Å². The van der Waals surface area contributed by atoms with E-state index in [1.807, 2.05) is 17.5 Å². The highest BCUT2D eigenvalue weighted by Gasteiger charge is 2.10. The third-order valence-electron chi connectivity index (χ3n) is 1.84. The number of hydrogen-bond donors (Lipinski definition) is 1. The van der Waals surface area contributed by atoms with Crippen LogP contribution in [0.5, 0.6) is 5.75 Å². The molecule has 0 bridgehead atoms. The smallest absolute Gasteiger partial charge is 0.147 e. The molecule has 0 aliphatic heterocycles. The average Bonchev–Trinajstić information content (AvgIpc) is 2.54. The van der Waals surface area contributed by atoms with Crippen molar-refractivity contribution in [3.8, 4) is 5.75 Å². The van der Waals surface area contributed by atoms with E-state index in [0.717, 1.165) is 15.0 Å². The van der Waals surface area contributed by atoms with Crippen LogP contribution in [0.25, 0.3) is 10.1 Å². The number of benzene rings is 1. The van der Waals surface area contributed by atoms with Crippen LogP contribution in [0.1, 0.15) is 0 Å². The molecule has 68 valence electrons. The third-order valence-corrected chi connectivity index (χ3v) is 3.56. The molecule has 1 heterocycles. The van der Waals surface area contributed by atoms with Crippen molar-refractivity contribution in [2.75, 3.05) is 7.11 Å². The molecule has 0 N–H and O–H groups in total. The second-order valence-corrected chi connectivity index (χ2v) is 4.38. The van der Waals surface area contributed by atoms with Gasteiger partial charge in [-0.2, -0.15) is 0 Å². The van der Waals surface area contributed by atoms with Crippen molar-refractivity contribution in [2.45, 2.75) is 4.90 Å². The lowest BCUT2D eigenvalue weighted by Crippen LogP contribution is -1.85. The first kappa shape index (κ1) is 9.19. The first-order chi connectivity index (χ1) is 6.24. The van der Waals surface area contributed by atoms with Gasteiger partial charge in [0.05, 0.1) is 12.1 Å². The third kappa shape index (κ3) is 1.41. The standard InChI is InChI=1S/C9H7ClOS2/c1-11-9-5-2-3-13-7(5)4-6(12)8(9)10/h2-4,12H,1H3. The number of methoxy groups -OCH3 is 1. The van der Waals surface area contributed by atoms with Crippen LogP contribution in [-0.2, 0) is 0 Å². The molecule has 2 rings (SSSR count). The highest BCUT2D eigenvalue weighted by Crippen LogP contribution is 2.40. The van der Waals surface area contributed by atoms with Crippen LogP contribution >= 0.6 is 35.6 Å². The summed E-state index contributed by atoms with van der Waals surface area (Å²) in [7, 11) is 1.62. The SMILES string of the molecule is COc1c(Cl)c(S)cc2sccc12. The maximum absolute atomic E-state index is 6.03. The van der Waals surface area contributed by atoms with E-state index in [9.17, 15) is 0 Å². The number of hydrogen-bond acceptors (Lipinski definition) is 3. The van der Waals surface area contributed by atoms with E-state index in [1.54, 1.807) is 18.4 Å². The summed E-state index contributed by atoms with van der Waals surface area (Å²) >= 11 is 12.0. The van der Waals surface area contributed by atoms with Crippen LogP contribution in [0, 0.1) is 0 Å². The zero-order chi connectivity index (χ0) is 9.42. The van der Waals surface area contributed by atoms with Crippen LogP contribution in [0.2, 0.25) is 5.02 Å². The molecule has 0 fully saturated rings. The van der Waals surface area contributed by atoms with Crippen LogP contribution in [0.3, 0.4) is 0 Å². The predicted octanol–water partition coefficient (Wildman–Crippen LogP) is 3.85. The highest BCUT2D eigenvalue weighted by atomic mass is 35.5. The zero-order valence-corrected chi connectivity index (χ0v) is 9.34. The van der Waals surface area contributed by atoms with Gasteiger partial charge in [-0.3, -0.25) is 0 Å².